The van der Waals surface area contributed by atoms with Crippen LogP contribution in [0.25, 0.3) is 0 Å². The standard InChI is InChI=1S/C23H32N4O3/c1-23(2)11-10-17-20(14-23)25-26-22(17)18-9-7-15-6-8-16(13-19(15)24-18)27(30)21(29)5-3-4-12-28/h7,9,13,18,24,28,30H,3-6,8,10-12,14H2,1-2H3,(H,25,26). The molecule has 1 aromatic rings. The van der Waals surface area contributed by atoms with E-state index < -0.39 is 0 Å². The van der Waals surface area contributed by atoms with Crippen LogP contribution in [0.1, 0.15) is 75.4 Å². The quantitative estimate of drug-likeness (QED) is 0.326. The first kappa shape index (κ1) is 20.9. The number of aliphatic hydroxyl groups is 1. The summed E-state index contributed by atoms with van der Waals surface area (Å²) in [6.07, 6.45) is 12.1. The maximum atomic E-state index is 12.2. The Morgan fingerprint density at radius 2 is 2.13 bits per heavy atom. The van der Waals surface area contributed by atoms with E-state index in [2.05, 4.69) is 41.5 Å². The summed E-state index contributed by atoms with van der Waals surface area (Å²) < 4.78 is 0. The number of aromatic nitrogens is 2. The molecule has 0 spiro atoms. The van der Waals surface area contributed by atoms with E-state index in [4.69, 9.17) is 5.11 Å². The lowest BCUT2D eigenvalue weighted by Gasteiger charge is -2.31. The van der Waals surface area contributed by atoms with Crippen LogP contribution in [0.3, 0.4) is 0 Å². The number of aromatic amines is 1. The number of amides is 1. The third-order valence-corrected chi connectivity index (χ3v) is 6.40. The van der Waals surface area contributed by atoms with Crippen LogP contribution in [0.2, 0.25) is 0 Å². The minimum absolute atomic E-state index is 0.0204. The average Bonchev–Trinajstić information content (AvgIpc) is 3.14. The number of H-pyrrole nitrogens is 1. The zero-order chi connectivity index (χ0) is 21.3. The molecule has 4 rings (SSSR count). The van der Waals surface area contributed by atoms with Gasteiger partial charge < -0.3 is 10.4 Å². The zero-order valence-electron chi connectivity index (χ0n) is 17.9. The summed E-state index contributed by atoms with van der Waals surface area (Å²) in [5.41, 5.74) is 6.65. The van der Waals surface area contributed by atoms with Crippen molar-refractivity contribution < 1.29 is 15.1 Å². The number of nitrogens with one attached hydrogen (secondary N) is 2. The molecule has 0 saturated carbocycles. The number of fused-ring (bicyclic) bond motifs is 1. The van der Waals surface area contributed by atoms with Gasteiger partial charge in [0.2, 0.25) is 5.91 Å². The fourth-order valence-corrected chi connectivity index (χ4v) is 4.58. The number of carbonyl (C=O) groups excluding carboxylic acids is 1. The second-order valence-electron chi connectivity index (χ2n) is 9.35. The van der Waals surface area contributed by atoms with E-state index in [1.165, 1.54) is 16.8 Å². The maximum Gasteiger partial charge on any atom is 0.250 e. The number of hydroxylamine groups is 2. The summed E-state index contributed by atoms with van der Waals surface area (Å²) in [6.45, 7) is 4.66. The maximum absolute atomic E-state index is 12.2. The highest BCUT2D eigenvalue weighted by Gasteiger charge is 2.32. The van der Waals surface area contributed by atoms with Gasteiger partial charge in [-0.25, -0.2) is 0 Å². The third kappa shape index (κ3) is 4.23. The van der Waals surface area contributed by atoms with Gasteiger partial charge >= 0.3 is 0 Å². The van der Waals surface area contributed by atoms with Crippen LogP contribution in [0.15, 0.2) is 35.2 Å². The molecule has 2 heterocycles. The van der Waals surface area contributed by atoms with Crippen molar-refractivity contribution in [3.63, 3.8) is 0 Å². The van der Waals surface area contributed by atoms with E-state index in [1.54, 1.807) is 0 Å². The number of dihydropyridines is 1. The van der Waals surface area contributed by atoms with Crippen molar-refractivity contribution in [1.29, 1.82) is 0 Å². The third-order valence-electron chi connectivity index (χ3n) is 6.40. The van der Waals surface area contributed by atoms with Crippen LogP contribution in [0, 0.1) is 5.41 Å². The van der Waals surface area contributed by atoms with Crippen molar-refractivity contribution in [3.8, 4) is 0 Å². The first-order chi connectivity index (χ1) is 14.4. The number of nitrogens with zero attached hydrogens (tertiary/aromatic N) is 2. The van der Waals surface area contributed by atoms with E-state index in [0.29, 0.717) is 30.4 Å². The number of allylic oxidation sites excluding steroid dienone is 4. The van der Waals surface area contributed by atoms with Crippen LogP contribution in [0.5, 0.6) is 0 Å². The van der Waals surface area contributed by atoms with Crippen molar-refractivity contribution in [1.82, 2.24) is 20.6 Å². The number of hydrogen-bond acceptors (Lipinski definition) is 5. The second kappa shape index (κ2) is 8.40. The molecule has 1 amide bonds. The number of hydrogen-bond donors (Lipinski definition) is 4. The van der Waals surface area contributed by atoms with Gasteiger partial charge in [0.1, 0.15) is 0 Å². The van der Waals surface area contributed by atoms with Crippen molar-refractivity contribution >= 4 is 5.91 Å². The summed E-state index contributed by atoms with van der Waals surface area (Å²) in [6, 6.07) is -0.0204. The molecular formula is C23H32N4O3. The van der Waals surface area contributed by atoms with E-state index in [1.807, 2.05) is 6.08 Å². The normalized spacial score (nSPS) is 22.1. The Kier molecular flexibility index (Phi) is 5.84. The largest absolute Gasteiger partial charge is 0.396 e. The average molecular weight is 413 g/mol. The molecule has 0 aromatic carbocycles. The summed E-state index contributed by atoms with van der Waals surface area (Å²) in [5, 5.41) is 31.5. The lowest BCUT2D eigenvalue weighted by atomic mass is 9.76. The van der Waals surface area contributed by atoms with Crippen molar-refractivity contribution in [2.45, 2.75) is 71.3 Å². The summed E-state index contributed by atoms with van der Waals surface area (Å²) in [7, 11) is 0. The van der Waals surface area contributed by atoms with Crippen LogP contribution >= 0.6 is 0 Å². The van der Waals surface area contributed by atoms with Gasteiger partial charge in [-0.3, -0.25) is 15.1 Å². The second-order valence-corrected chi connectivity index (χ2v) is 9.35. The van der Waals surface area contributed by atoms with Crippen LogP contribution in [0.4, 0.5) is 0 Å². The first-order valence-corrected chi connectivity index (χ1v) is 10.9. The number of rotatable bonds is 6. The summed E-state index contributed by atoms with van der Waals surface area (Å²) in [4.78, 5) is 12.2. The fourth-order valence-electron chi connectivity index (χ4n) is 4.58. The molecule has 7 nitrogen and oxygen atoms in total. The molecule has 0 fully saturated rings. The lowest BCUT2D eigenvalue weighted by Crippen LogP contribution is -2.31. The van der Waals surface area contributed by atoms with Gasteiger partial charge in [-0.1, -0.05) is 26.0 Å². The highest BCUT2D eigenvalue weighted by molar-refractivity contribution is 5.76. The van der Waals surface area contributed by atoms with Crippen LogP contribution < -0.4 is 5.32 Å². The lowest BCUT2D eigenvalue weighted by molar-refractivity contribution is -0.157. The van der Waals surface area contributed by atoms with Gasteiger partial charge in [-0.15, -0.1) is 0 Å². The molecule has 162 valence electrons. The predicted octanol–water partition coefficient (Wildman–Crippen LogP) is 3.44. The van der Waals surface area contributed by atoms with Gasteiger partial charge in [0, 0.05) is 24.4 Å². The number of carbonyl (C=O) groups is 1. The Morgan fingerprint density at radius 1 is 1.30 bits per heavy atom. The van der Waals surface area contributed by atoms with Crippen LogP contribution in [-0.4, -0.2) is 38.1 Å². The zero-order valence-corrected chi connectivity index (χ0v) is 17.9. The van der Waals surface area contributed by atoms with Crippen LogP contribution in [-0.2, 0) is 17.6 Å². The molecule has 0 saturated heterocycles. The Hall–Kier alpha value is -2.38. The van der Waals surface area contributed by atoms with Crippen molar-refractivity contribution in [3.05, 3.63) is 52.1 Å². The SMILES string of the molecule is CC1(C)CCc2c(C3C=CC4=C(C=C(N(O)C(=O)CCCCO)CC4)N3)n[nH]c2C1. The highest BCUT2D eigenvalue weighted by atomic mass is 16.5. The molecule has 1 aromatic heterocycles. The summed E-state index contributed by atoms with van der Waals surface area (Å²) in [5.74, 6) is -0.328. The topological polar surface area (TPSA) is 101 Å². The number of unbranched alkanes of at least 4 members (excludes halogenated alkanes) is 1. The Morgan fingerprint density at radius 3 is 2.93 bits per heavy atom. The molecule has 7 heteroatoms. The molecule has 1 atom stereocenters. The molecular weight excluding hydrogens is 380 g/mol. The highest BCUT2D eigenvalue weighted by Crippen LogP contribution is 2.38. The first-order valence-electron chi connectivity index (χ1n) is 10.9. The van der Waals surface area contributed by atoms with E-state index in [9.17, 15) is 10.0 Å². The predicted molar refractivity (Wildman–Crippen MR) is 113 cm³/mol. The van der Waals surface area contributed by atoms with Gasteiger partial charge in [0.05, 0.1) is 17.4 Å². The molecule has 1 aliphatic heterocycles. The molecule has 1 unspecified atom stereocenters. The van der Waals surface area contributed by atoms with Gasteiger partial charge in [-0.05, 0) is 67.6 Å². The van der Waals surface area contributed by atoms with Gasteiger partial charge in [-0.2, -0.15) is 10.2 Å². The van der Waals surface area contributed by atoms with Gasteiger partial charge in [0.15, 0.2) is 0 Å². The van der Waals surface area contributed by atoms with E-state index in [0.717, 1.165) is 42.1 Å². The minimum atomic E-state index is -0.328. The molecule has 0 radical (unpaired) electrons. The van der Waals surface area contributed by atoms with Crippen molar-refractivity contribution in [2.75, 3.05) is 6.61 Å². The summed E-state index contributed by atoms with van der Waals surface area (Å²) >= 11 is 0. The minimum Gasteiger partial charge on any atom is -0.396 e. The monoisotopic (exact) mass is 412 g/mol. The van der Waals surface area contributed by atoms with E-state index in [-0.39, 0.29) is 25.0 Å². The molecule has 30 heavy (non-hydrogen) atoms. The van der Waals surface area contributed by atoms with Crippen molar-refractivity contribution in [2.24, 2.45) is 5.41 Å². The molecule has 4 N–H and O–H groups in total. The Balaban J connectivity index is 1.47. The molecule has 0 bridgehead atoms. The Labute approximate surface area is 177 Å². The van der Waals surface area contributed by atoms with Gasteiger partial charge in [0.25, 0.3) is 0 Å². The number of aliphatic hydroxyl groups excluding tert-OH is 1. The molecule has 3 aliphatic rings. The smallest absolute Gasteiger partial charge is 0.250 e. The fraction of sp³-hybridized carbons (Fsp3) is 0.565. The Bertz CT molecular complexity index is 910. The molecule has 2 aliphatic carbocycles. The van der Waals surface area contributed by atoms with E-state index >= 15 is 0 Å².